The minimum absolute atomic E-state index is 0.0109. The zero-order valence-corrected chi connectivity index (χ0v) is 14.7. The van der Waals surface area contributed by atoms with E-state index in [1.807, 2.05) is 0 Å². The predicted molar refractivity (Wildman–Crippen MR) is 83.7 cm³/mol. The SMILES string of the molecule is COC(=O)c1c(NC(OC)(C(=O)OC)C(F)(F)F)sc2c1CCCC2. The molecule has 0 fully saturated rings. The van der Waals surface area contributed by atoms with Crippen LogP contribution < -0.4 is 5.32 Å². The van der Waals surface area contributed by atoms with E-state index in [-0.39, 0.29) is 10.6 Å². The molecule has 0 aliphatic heterocycles. The molecule has 0 amide bonds. The van der Waals surface area contributed by atoms with E-state index in [1.165, 1.54) is 0 Å². The number of aryl methyl sites for hydroxylation is 1. The second-order valence-corrected chi connectivity index (χ2v) is 6.51. The molecule has 0 saturated heterocycles. The van der Waals surface area contributed by atoms with Gasteiger partial charge < -0.3 is 19.5 Å². The standard InChI is InChI=1S/C15H18F3NO5S/c1-22-12(20)10-8-6-4-5-7-9(8)25-11(10)19-14(24-3,13(21)23-2)15(16,17)18/h19H,4-7H2,1-3H3. The highest BCUT2D eigenvalue weighted by Gasteiger charge is 2.64. The van der Waals surface area contributed by atoms with Crippen LogP contribution in [0.5, 0.6) is 0 Å². The summed E-state index contributed by atoms with van der Waals surface area (Å²) in [6.07, 6.45) is -2.22. The second-order valence-electron chi connectivity index (χ2n) is 5.41. The van der Waals surface area contributed by atoms with E-state index in [4.69, 9.17) is 4.74 Å². The summed E-state index contributed by atoms with van der Waals surface area (Å²) in [6.45, 7) is 0. The Morgan fingerprint density at radius 3 is 2.24 bits per heavy atom. The number of rotatable bonds is 5. The van der Waals surface area contributed by atoms with Gasteiger partial charge in [-0.3, -0.25) is 0 Å². The maximum absolute atomic E-state index is 13.6. The molecular weight excluding hydrogens is 363 g/mol. The molecule has 1 unspecified atom stereocenters. The number of ether oxygens (including phenoxy) is 3. The molecule has 0 saturated carbocycles. The molecule has 10 heteroatoms. The number of thiophene rings is 1. The van der Waals surface area contributed by atoms with Gasteiger partial charge in [0.05, 0.1) is 19.8 Å². The average molecular weight is 381 g/mol. The first-order valence-electron chi connectivity index (χ1n) is 7.43. The predicted octanol–water partition coefficient (Wildman–Crippen LogP) is 2.90. The third-order valence-corrected chi connectivity index (χ3v) is 5.24. The van der Waals surface area contributed by atoms with Crippen molar-refractivity contribution in [2.45, 2.75) is 37.6 Å². The van der Waals surface area contributed by atoms with Crippen LogP contribution in [-0.4, -0.2) is 45.2 Å². The Morgan fingerprint density at radius 2 is 1.72 bits per heavy atom. The number of halogens is 3. The largest absolute Gasteiger partial charge is 0.465 e. The highest BCUT2D eigenvalue weighted by atomic mass is 32.1. The van der Waals surface area contributed by atoms with Crippen molar-refractivity contribution in [3.63, 3.8) is 0 Å². The summed E-state index contributed by atoms with van der Waals surface area (Å²) in [7, 11) is 2.71. The fourth-order valence-corrected chi connectivity index (χ4v) is 4.09. The Bertz CT molecular complexity index is 673. The molecule has 1 atom stereocenters. The lowest BCUT2D eigenvalue weighted by Crippen LogP contribution is -2.60. The highest BCUT2D eigenvalue weighted by Crippen LogP contribution is 2.43. The van der Waals surface area contributed by atoms with E-state index in [2.05, 4.69) is 14.8 Å². The fourth-order valence-electron chi connectivity index (χ4n) is 2.76. The maximum Gasteiger partial charge on any atom is 0.448 e. The highest BCUT2D eigenvalue weighted by molar-refractivity contribution is 7.16. The number of anilines is 1. The zero-order chi connectivity index (χ0) is 18.8. The molecule has 6 nitrogen and oxygen atoms in total. The molecule has 1 aromatic heterocycles. The van der Waals surface area contributed by atoms with Crippen molar-refractivity contribution in [3.8, 4) is 0 Å². The van der Waals surface area contributed by atoms with Gasteiger partial charge in [0.15, 0.2) is 0 Å². The smallest absolute Gasteiger partial charge is 0.448 e. The van der Waals surface area contributed by atoms with Crippen molar-refractivity contribution < 1.29 is 37.0 Å². The summed E-state index contributed by atoms with van der Waals surface area (Å²) in [5.41, 5.74) is -2.75. The Morgan fingerprint density at radius 1 is 1.08 bits per heavy atom. The molecule has 0 spiro atoms. The summed E-state index contributed by atoms with van der Waals surface area (Å²) in [4.78, 5) is 24.8. The van der Waals surface area contributed by atoms with Gasteiger partial charge in [-0.1, -0.05) is 0 Å². The van der Waals surface area contributed by atoms with Crippen LogP contribution in [-0.2, 0) is 31.8 Å². The van der Waals surface area contributed by atoms with E-state index in [0.717, 1.165) is 50.4 Å². The second kappa shape index (κ2) is 7.20. The maximum atomic E-state index is 13.6. The number of methoxy groups -OCH3 is 3. The third-order valence-electron chi connectivity index (χ3n) is 4.03. The molecule has 1 heterocycles. The van der Waals surface area contributed by atoms with Crippen molar-refractivity contribution in [3.05, 3.63) is 16.0 Å². The van der Waals surface area contributed by atoms with Gasteiger partial charge in [0.2, 0.25) is 0 Å². The molecule has 2 rings (SSSR count). The molecule has 1 aromatic rings. The summed E-state index contributed by atoms with van der Waals surface area (Å²) in [6, 6.07) is 0. The van der Waals surface area contributed by atoms with Crippen LogP contribution in [0.1, 0.15) is 33.6 Å². The number of carbonyl (C=O) groups excluding carboxylic acids is 2. The van der Waals surface area contributed by atoms with Gasteiger partial charge in [-0.25, -0.2) is 9.59 Å². The Balaban J connectivity index is 2.58. The average Bonchev–Trinajstić information content (AvgIpc) is 2.94. The minimum Gasteiger partial charge on any atom is -0.465 e. The van der Waals surface area contributed by atoms with E-state index >= 15 is 0 Å². The number of esters is 2. The Labute approximate surface area is 146 Å². The molecule has 0 aromatic carbocycles. The lowest BCUT2D eigenvalue weighted by molar-refractivity contribution is -0.259. The lowest BCUT2D eigenvalue weighted by atomic mass is 9.95. The summed E-state index contributed by atoms with van der Waals surface area (Å²) in [5.74, 6) is -2.43. The molecule has 0 radical (unpaired) electrons. The van der Waals surface area contributed by atoms with Crippen molar-refractivity contribution >= 4 is 28.3 Å². The van der Waals surface area contributed by atoms with Crippen LogP contribution in [0.25, 0.3) is 0 Å². The minimum atomic E-state index is -5.12. The number of fused-ring (bicyclic) bond motifs is 1. The summed E-state index contributed by atoms with van der Waals surface area (Å²) in [5, 5.41) is 1.95. The van der Waals surface area contributed by atoms with E-state index in [9.17, 15) is 22.8 Å². The number of alkyl halides is 3. The van der Waals surface area contributed by atoms with Crippen molar-refractivity contribution in [1.82, 2.24) is 0 Å². The van der Waals surface area contributed by atoms with Gasteiger partial charge in [0.25, 0.3) is 0 Å². The van der Waals surface area contributed by atoms with E-state index in [1.54, 1.807) is 0 Å². The normalized spacial score (nSPS) is 16.6. The third kappa shape index (κ3) is 3.32. The quantitative estimate of drug-likeness (QED) is 0.625. The monoisotopic (exact) mass is 381 g/mol. The zero-order valence-electron chi connectivity index (χ0n) is 13.9. The summed E-state index contributed by atoms with van der Waals surface area (Å²) < 4.78 is 54.3. The van der Waals surface area contributed by atoms with Gasteiger partial charge in [0.1, 0.15) is 5.00 Å². The fraction of sp³-hybridized carbons (Fsp3) is 0.600. The van der Waals surface area contributed by atoms with Gasteiger partial charge in [0, 0.05) is 12.0 Å². The first-order chi connectivity index (χ1) is 11.7. The van der Waals surface area contributed by atoms with E-state index in [0.29, 0.717) is 18.4 Å². The lowest BCUT2D eigenvalue weighted by Gasteiger charge is -2.32. The van der Waals surface area contributed by atoms with Gasteiger partial charge in [-0.15, -0.1) is 11.3 Å². The number of carbonyl (C=O) groups is 2. The molecule has 1 aliphatic carbocycles. The number of nitrogens with one attached hydrogen (secondary N) is 1. The summed E-state index contributed by atoms with van der Waals surface area (Å²) >= 11 is 0.992. The van der Waals surface area contributed by atoms with Crippen molar-refractivity contribution in [2.24, 2.45) is 0 Å². The number of hydrogen-bond acceptors (Lipinski definition) is 7. The first-order valence-corrected chi connectivity index (χ1v) is 8.24. The molecular formula is C15H18F3NO5S. The topological polar surface area (TPSA) is 73.9 Å². The number of hydrogen-bond donors (Lipinski definition) is 1. The Kier molecular flexibility index (Phi) is 5.62. The van der Waals surface area contributed by atoms with Crippen LogP contribution in [0.3, 0.4) is 0 Å². The van der Waals surface area contributed by atoms with Crippen molar-refractivity contribution in [2.75, 3.05) is 26.6 Å². The molecule has 0 bridgehead atoms. The van der Waals surface area contributed by atoms with Crippen LogP contribution >= 0.6 is 11.3 Å². The van der Waals surface area contributed by atoms with Crippen LogP contribution in [0.2, 0.25) is 0 Å². The van der Waals surface area contributed by atoms with Gasteiger partial charge in [-0.2, -0.15) is 13.2 Å². The molecule has 140 valence electrons. The van der Waals surface area contributed by atoms with Gasteiger partial charge >= 0.3 is 23.8 Å². The Hall–Kier alpha value is -1.81. The van der Waals surface area contributed by atoms with Crippen molar-refractivity contribution in [1.29, 1.82) is 0 Å². The van der Waals surface area contributed by atoms with Crippen LogP contribution in [0, 0.1) is 0 Å². The molecule has 1 aliphatic rings. The molecule has 1 N–H and O–H groups in total. The van der Waals surface area contributed by atoms with Gasteiger partial charge in [-0.05, 0) is 31.2 Å². The first kappa shape index (κ1) is 19.5. The molecule has 25 heavy (non-hydrogen) atoms. The van der Waals surface area contributed by atoms with E-state index < -0.39 is 23.8 Å². The van der Waals surface area contributed by atoms with Crippen LogP contribution in [0.15, 0.2) is 0 Å². The van der Waals surface area contributed by atoms with Crippen LogP contribution in [0.4, 0.5) is 18.2 Å².